The molecule has 0 aliphatic carbocycles. The molecule has 1 aromatic heterocycles. The third kappa shape index (κ3) is 3.94. The summed E-state index contributed by atoms with van der Waals surface area (Å²) in [7, 11) is -3.73. The molecule has 1 aromatic carbocycles. The van der Waals surface area contributed by atoms with Gasteiger partial charge in [-0.2, -0.15) is 0 Å². The van der Waals surface area contributed by atoms with Crippen LogP contribution in [0.4, 0.5) is 0 Å². The van der Waals surface area contributed by atoms with Crippen LogP contribution in [0.3, 0.4) is 0 Å². The minimum Gasteiger partial charge on any atom is -0.469 e. The van der Waals surface area contributed by atoms with Crippen molar-refractivity contribution in [3.8, 4) is 0 Å². The summed E-state index contributed by atoms with van der Waals surface area (Å²) in [6.45, 7) is 0. The van der Waals surface area contributed by atoms with E-state index in [-0.39, 0.29) is 11.3 Å². The predicted octanol–water partition coefficient (Wildman–Crippen LogP) is 1.22. The molecule has 0 atom stereocenters. The van der Waals surface area contributed by atoms with E-state index in [0.29, 0.717) is 12.2 Å². The first-order chi connectivity index (χ1) is 9.58. The summed E-state index contributed by atoms with van der Waals surface area (Å²) in [5, 5.41) is 0. The number of hydrogen-bond acceptors (Lipinski definition) is 4. The van der Waals surface area contributed by atoms with Gasteiger partial charge >= 0.3 is 0 Å². The molecular formula is C13H14N2O4S. The summed E-state index contributed by atoms with van der Waals surface area (Å²) in [5.74, 6) is 0.243. The van der Waals surface area contributed by atoms with Crippen LogP contribution in [0.15, 0.2) is 58.0 Å². The normalized spacial score (nSPS) is 11.2. The molecule has 20 heavy (non-hydrogen) atoms. The number of benzene rings is 1. The molecule has 2 aromatic rings. The molecule has 0 saturated heterocycles. The maximum Gasteiger partial charge on any atom is 0.257 e. The van der Waals surface area contributed by atoms with Crippen molar-refractivity contribution >= 4 is 15.9 Å². The second-order valence-electron chi connectivity index (χ2n) is 4.05. The highest BCUT2D eigenvalue weighted by atomic mass is 32.2. The Morgan fingerprint density at radius 3 is 2.50 bits per heavy atom. The van der Waals surface area contributed by atoms with E-state index in [2.05, 4.69) is 5.43 Å². The molecule has 0 radical (unpaired) electrons. The van der Waals surface area contributed by atoms with Crippen LogP contribution in [0, 0.1) is 0 Å². The monoisotopic (exact) mass is 294 g/mol. The number of hydrazine groups is 1. The van der Waals surface area contributed by atoms with Gasteiger partial charge < -0.3 is 4.42 Å². The predicted molar refractivity (Wildman–Crippen MR) is 71.9 cm³/mol. The smallest absolute Gasteiger partial charge is 0.257 e. The Hall–Kier alpha value is -2.12. The quantitative estimate of drug-likeness (QED) is 0.784. The first kappa shape index (κ1) is 14.3. The summed E-state index contributed by atoms with van der Waals surface area (Å²) >= 11 is 0. The zero-order chi connectivity index (χ0) is 14.4. The van der Waals surface area contributed by atoms with Gasteiger partial charge in [0.05, 0.1) is 11.2 Å². The van der Waals surface area contributed by atoms with Crippen molar-refractivity contribution in [2.75, 3.05) is 0 Å². The second-order valence-corrected chi connectivity index (χ2v) is 5.73. The van der Waals surface area contributed by atoms with Crippen molar-refractivity contribution in [1.82, 2.24) is 10.3 Å². The molecule has 1 amide bonds. The Balaban J connectivity index is 1.84. The summed E-state index contributed by atoms with van der Waals surface area (Å²) in [6, 6.07) is 11.3. The number of rotatable bonds is 6. The fourth-order valence-corrected chi connectivity index (χ4v) is 2.42. The second kappa shape index (κ2) is 6.36. The lowest BCUT2D eigenvalue weighted by molar-refractivity contribution is -0.121. The van der Waals surface area contributed by atoms with Crippen LogP contribution in [0.1, 0.15) is 12.2 Å². The van der Waals surface area contributed by atoms with Crippen molar-refractivity contribution in [3.63, 3.8) is 0 Å². The van der Waals surface area contributed by atoms with Crippen molar-refractivity contribution in [2.24, 2.45) is 0 Å². The molecular weight excluding hydrogens is 280 g/mol. The van der Waals surface area contributed by atoms with Crippen LogP contribution >= 0.6 is 0 Å². The minimum absolute atomic E-state index is 0.0892. The topological polar surface area (TPSA) is 88.4 Å². The third-order valence-corrected chi connectivity index (χ3v) is 3.82. The van der Waals surface area contributed by atoms with Crippen molar-refractivity contribution < 1.29 is 17.6 Å². The van der Waals surface area contributed by atoms with Crippen LogP contribution in [0.25, 0.3) is 0 Å². The average molecular weight is 294 g/mol. The zero-order valence-electron chi connectivity index (χ0n) is 10.6. The van der Waals surface area contributed by atoms with E-state index in [1.807, 2.05) is 4.83 Å². The molecule has 0 unspecified atom stereocenters. The number of amides is 1. The number of carbonyl (C=O) groups excluding carboxylic acids is 1. The molecule has 7 heteroatoms. The maximum absolute atomic E-state index is 11.8. The standard InChI is InChI=1S/C13H14N2O4S/c16-13(9-8-11-5-4-10-19-11)14-15-20(17,18)12-6-2-1-3-7-12/h1-7,10,15H,8-9H2,(H,14,16). The van der Waals surface area contributed by atoms with Crippen LogP contribution in [0.5, 0.6) is 0 Å². The number of furan rings is 1. The van der Waals surface area contributed by atoms with Gasteiger partial charge in [-0.1, -0.05) is 18.2 Å². The van der Waals surface area contributed by atoms with Crippen molar-refractivity contribution in [1.29, 1.82) is 0 Å². The van der Waals surface area contributed by atoms with Gasteiger partial charge in [0.15, 0.2) is 0 Å². The summed E-state index contributed by atoms with van der Waals surface area (Å²) in [6.07, 6.45) is 2.06. The lowest BCUT2D eigenvalue weighted by atomic mass is 10.2. The van der Waals surface area contributed by atoms with Gasteiger partial charge in [-0.25, -0.2) is 8.42 Å². The van der Waals surface area contributed by atoms with Gasteiger partial charge in [0.1, 0.15) is 5.76 Å². The minimum atomic E-state index is -3.73. The largest absolute Gasteiger partial charge is 0.469 e. The van der Waals surface area contributed by atoms with Crippen LogP contribution < -0.4 is 10.3 Å². The lowest BCUT2D eigenvalue weighted by Gasteiger charge is -2.07. The summed E-state index contributed by atoms with van der Waals surface area (Å²) in [4.78, 5) is 13.7. The lowest BCUT2D eigenvalue weighted by Crippen LogP contribution is -2.41. The zero-order valence-corrected chi connectivity index (χ0v) is 11.4. The molecule has 0 saturated carbocycles. The highest BCUT2D eigenvalue weighted by molar-refractivity contribution is 7.89. The molecule has 0 aliphatic rings. The third-order valence-electron chi connectivity index (χ3n) is 2.56. The first-order valence-corrected chi connectivity index (χ1v) is 7.44. The van der Waals surface area contributed by atoms with Crippen molar-refractivity contribution in [2.45, 2.75) is 17.7 Å². The van der Waals surface area contributed by atoms with Gasteiger partial charge in [0.25, 0.3) is 10.0 Å². The van der Waals surface area contributed by atoms with E-state index in [1.165, 1.54) is 18.4 Å². The Bertz CT molecular complexity index is 651. The van der Waals surface area contributed by atoms with Gasteiger partial charge in [0.2, 0.25) is 5.91 Å². The molecule has 106 valence electrons. The van der Waals surface area contributed by atoms with E-state index < -0.39 is 15.9 Å². The summed E-state index contributed by atoms with van der Waals surface area (Å²) < 4.78 is 28.7. The van der Waals surface area contributed by atoms with E-state index in [1.54, 1.807) is 30.3 Å². The van der Waals surface area contributed by atoms with E-state index in [4.69, 9.17) is 4.42 Å². The van der Waals surface area contributed by atoms with Crippen LogP contribution in [-0.2, 0) is 21.2 Å². The Morgan fingerprint density at radius 1 is 1.10 bits per heavy atom. The number of carbonyl (C=O) groups is 1. The molecule has 0 spiro atoms. The molecule has 0 aliphatic heterocycles. The number of hydrogen-bond donors (Lipinski definition) is 2. The van der Waals surface area contributed by atoms with E-state index >= 15 is 0 Å². The Kier molecular flexibility index (Phi) is 4.54. The molecule has 6 nitrogen and oxygen atoms in total. The maximum atomic E-state index is 11.8. The Labute approximate surface area is 116 Å². The number of sulfonamides is 1. The molecule has 1 heterocycles. The first-order valence-electron chi connectivity index (χ1n) is 5.96. The number of aryl methyl sites for hydroxylation is 1. The summed E-state index contributed by atoms with van der Waals surface area (Å²) in [5.41, 5.74) is 2.17. The van der Waals surface area contributed by atoms with Gasteiger partial charge in [-0.15, -0.1) is 4.83 Å². The Morgan fingerprint density at radius 2 is 1.85 bits per heavy atom. The highest BCUT2D eigenvalue weighted by Gasteiger charge is 2.14. The van der Waals surface area contributed by atoms with E-state index in [0.717, 1.165) is 0 Å². The van der Waals surface area contributed by atoms with Crippen molar-refractivity contribution in [3.05, 3.63) is 54.5 Å². The van der Waals surface area contributed by atoms with Crippen LogP contribution in [-0.4, -0.2) is 14.3 Å². The molecule has 2 N–H and O–H groups in total. The molecule has 0 bridgehead atoms. The average Bonchev–Trinajstić information content (AvgIpc) is 2.97. The molecule has 0 fully saturated rings. The van der Waals surface area contributed by atoms with Gasteiger partial charge in [-0.05, 0) is 24.3 Å². The fourth-order valence-electron chi connectivity index (χ4n) is 1.54. The highest BCUT2D eigenvalue weighted by Crippen LogP contribution is 2.06. The van der Waals surface area contributed by atoms with Gasteiger partial charge in [-0.3, -0.25) is 10.2 Å². The molecule has 2 rings (SSSR count). The van der Waals surface area contributed by atoms with E-state index in [9.17, 15) is 13.2 Å². The number of nitrogens with one attached hydrogen (secondary N) is 2. The van der Waals surface area contributed by atoms with Gasteiger partial charge in [0, 0.05) is 12.8 Å². The SMILES string of the molecule is O=C(CCc1ccco1)NNS(=O)(=O)c1ccccc1. The fraction of sp³-hybridized carbons (Fsp3) is 0.154. The van der Waals surface area contributed by atoms with Crippen LogP contribution in [0.2, 0.25) is 0 Å².